The van der Waals surface area contributed by atoms with Crippen molar-refractivity contribution >= 4 is 25.5 Å². The van der Waals surface area contributed by atoms with Gasteiger partial charge in [0, 0.05) is 0 Å². The summed E-state index contributed by atoms with van der Waals surface area (Å²) in [6.45, 7) is 0.138. The molecule has 2 N–H and O–H groups in total. The minimum absolute atomic E-state index is 0.00821. The zero-order valence-corrected chi connectivity index (χ0v) is 16.2. The molecule has 0 bridgehead atoms. The normalized spacial score (nSPS) is 24.0. The number of carbonyl (C=O) groups is 1. The fourth-order valence-corrected chi connectivity index (χ4v) is 5.70. The zero-order chi connectivity index (χ0) is 19.1. The van der Waals surface area contributed by atoms with Crippen LogP contribution < -0.4 is 9.78 Å². The van der Waals surface area contributed by atoms with E-state index in [9.17, 15) is 9.90 Å². The van der Waals surface area contributed by atoms with Crippen LogP contribution in [0.4, 0.5) is 4.79 Å². The van der Waals surface area contributed by atoms with Crippen LogP contribution >= 0.6 is 0 Å². The van der Waals surface area contributed by atoms with Crippen molar-refractivity contribution in [3.8, 4) is 0 Å². The van der Waals surface area contributed by atoms with Gasteiger partial charge < -0.3 is 0 Å². The van der Waals surface area contributed by atoms with Crippen LogP contribution in [0.5, 0.6) is 0 Å². The van der Waals surface area contributed by atoms with Crippen molar-refractivity contribution in [3.63, 3.8) is 0 Å². The standard InChI is InChI=1S/C19H20N4O3Se/c20-23-22-15-11-16(27-14-9-5-2-6-10-14)18(24)17(15)21-19(25)26-12-13-7-3-1-4-8-13/h1-10,15-18,24H,11-12H2,(H,21,25)/t15-,16+,17+,18-/m1/s1. The van der Waals surface area contributed by atoms with Gasteiger partial charge in [0.1, 0.15) is 0 Å². The molecule has 2 aromatic rings. The average Bonchev–Trinajstić information content (AvgIpc) is 2.97. The molecule has 0 aliphatic heterocycles. The number of aliphatic hydroxyl groups excluding tert-OH is 1. The number of benzene rings is 2. The van der Waals surface area contributed by atoms with Gasteiger partial charge in [-0.05, 0) is 0 Å². The molecule has 7 nitrogen and oxygen atoms in total. The Hall–Kier alpha value is -2.50. The molecule has 0 saturated heterocycles. The second-order valence-electron chi connectivity index (χ2n) is 6.20. The maximum atomic E-state index is 12.2. The van der Waals surface area contributed by atoms with Gasteiger partial charge in [-0.2, -0.15) is 0 Å². The third kappa shape index (κ3) is 5.25. The molecule has 8 heteroatoms. The summed E-state index contributed by atoms with van der Waals surface area (Å²) in [7, 11) is 0. The number of rotatable bonds is 6. The number of hydrogen-bond acceptors (Lipinski definition) is 4. The number of nitrogens with zero attached hydrogens (tertiary/aromatic N) is 3. The molecular formula is C19H20N4O3Se. The second kappa shape index (κ2) is 9.44. The molecule has 27 heavy (non-hydrogen) atoms. The average molecular weight is 431 g/mol. The van der Waals surface area contributed by atoms with Crippen molar-refractivity contribution in [3.05, 3.63) is 76.7 Å². The van der Waals surface area contributed by atoms with Gasteiger partial charge in [-0.1, -0.05) is 0 Å². The molecule has 0 radical (unpaired) electrons. The summed E-state index contributed by atoms with van der Waals surface area (Å²) in [6.07, 6.45) is -0.886. The molecule has 1 fully saturated rings. The molecule has 1 amide bonds. The van der Waals surface area contributed by atoms with E-state index in [2.05, 4.69) is 15.3 Å². The van der Waals surface area contributed by atoms with Crippen molar-refractivity contribution in [1.82, 2.24) is 5.32 Å². The molecule has 0 spiro atoms. The number of hydrogen-bond donors (Lipinski definition) is 2. The zero-order valence-electron chi connectivity index (χ0n) is 14.5. The molecule has 3 rings (SSSR count). The Labute approximate surface area is 163 Å². The predicted octanol–water partition coefficient (Wildman–Crippen LogP) is 2.54. The first-order chi connectivity index (χ1) is 13.2. The maximum absolute atomic E-state index is 12.2. The van der Waals surface area contributed by atoms with E-state index in [1.165, 1.54) is 0 Å². The summed E-state index contributed by atoms with van der Waals surface area (Å²) < 4.78 is 6.38. The molecule has 1 aliphatic carbocycles. The third-order valence-electron chi connectivity index (χ3n) is 4.37. The van der Waals surface area contributed by atoms with Crippen LogP contribution in [0, 0.1) is 0 Å². The van der Waals surface area contributed by atoms with E-state index in [-0.39, 0.29) is 26.4 Å². The van der Waals surface area contributed by atoms with Gasteiger partial charge in [-0.25, -0.2) is 0 Å². The van der Waals surface area contributed by atoms with Crippen LogP contribution in [0.25, 0.3) is 10.4 Å². The van der Waals surface area contributed by atoms with Crippen LogP contribution in [-0.2, 0) is 11.3 Å². The van der Waals surface area contributed by atoms with Crippen LogP contribution in [0.3, 0.4) is 0 Å². The molecule has 0 aromatic heterocycles. The number of ether oxygens (including phenoxy) is 1. The molecule has 0 heterocycles. The first-order valence-corrected chi connectivity index (χ1v) is 10.4. The number of aliphatic hydroxyl groups is 1. The fourth-order valence-electron chi connectivity index (χ4n) is 3.04. The Balaban J connectivity index is 1.61. The summed E-state index contributed by atoms with van der Waals surface area (Å²) >= 11 is 0.00821. The van der Waals surface area contributed by atoms with E-state index in [0.717, 1.165) is 10.0 Å². The van der Waals surface area contributed by atoms with Crippen molar-refractivity contribution < 1.29 is 14.6 Å². The van der Waals surface area contributed by atoms with E-state index < -0.39 is 24.3 Å². The van der Waals surface area contributed by atoms with Crippen molar-refractivity contribution in [2.45, 2.75) is 36.0 Å². The summed E-state index contributed by atoms with van der Waals surface area (Å²) in [4.78, 5) is 15.0. The quantitative estimate of drug-likeness (QED) is 0.318. The molecular weight excluding hydrogens is 411 g/mol. The van der Waals surface area contributed by atoms with Crippen LogP contribution in [-0.4, -0.2) is 44.3 Å². The summed E-state index contributed by atoms with van der Waals surface area (Å²) in [5, 5.41) is 17.2. The first kappa shape index (κ1) is 19.3. The number of azide groups is 1. The molecule has 1 aliphatic rings. The van der Waals surface area contributed by atoms with Gasteiger partial charge in [0.15, 0.2) is 0 Å². The fraction of sp³-hybridized carbons (Fsp3) is 0.316. The Bertz CT molecular complexity index is 799. The van der Waals surface area contributed by atoms with E-state index >= 15 is 0 Å². The van der Waals surface area contributed by atoms with Gasteiger partial charge in [0.05, 0.1) is 0 Å². The van der Waals surface area contributed by atoms with E-state index in [4.69, 9.17) is 10.3 Å². The number of nitrogens with one attached hydrogen (secondary N) is 1. The molecule has 4 atom stereocenters. The Morgan fingerprint density at radius 2 is 1.89 bits per heavy atom. The van der Waals surface area contributed by atoms with E-state index in [1.54, 1.807) is 0 Å². The summed E-state index contributed by atoms with van der Waals surface area (Å²) in [6, 6.07) is 18.1. The van der Waals surface area contributed by atoms with Gasteiger partial charge in [-0.3, -0.25) is 0 Å². The summed E-state index contributed by atoms with van der Waals surface area (Å²) in [5.41, 5.74) is 9.70. The van der Waals surface area contributed by atoms with Crippen molar-refractivity contribution in [2.24, 2.45) is 5.11 Å². The first-order valence-electron chi connectivity index (χ1n) is 8.58. The van der Waals surface area contributed by atoms with Gasteiger partial charge >= 0.3 is 163 Å². The molecule has 2 aromatic carbocycles. The van der Waals surface area contributed by atoms with Crippen LogP contribution in [0.15, 0.2) is 65.8 Å². The van der Waals surface area contributed by atoms with Crippen LogP contribution in [0.1, 0.15) is 12.0 Å². The number of carbonyl (C=O) groups excluding carboxylic acids is 1. The SMILES string of the molecule is [N-]=[N+]=N[C@@H]1C[C@H]([Se]c2ccccc2)[C@@H](O)[C@H]1NC(=O)OCc1ccccc1. The van der Waals surface area contributed by atoms with Gasteiger partial charge in [0.25, 0.3) is 0 Å². The minimum atomic E-state index is -0.787. The third-order valence-corrected chi connectivity index (χ3v) is 7.13. The Morgan fingerprint density at radius 3 is 2.56 bits per heavy atom. The second-order valence-corrected chi connectivity index (χ2v) is 8.95. The van der Waals surface area contributed by atoms with Crippen LogP contribution in [0.2, 0.25) is 4.82 Å². The van der Waals surface area contributed by atoms with E-state index in [0.29, 0.717) is 6.42 Å². The van der Waals surface area contributed by atoms with E-state index in [1.807, 2.05) is 60.7 Å². The monoisotopic (exact) mass is 432 g/mol. The predicted molar refractivity (Wildman–Crippen MR) is 103 cm³/mol. The molecule has 0 unspecified atom stereocenters. The Morgan fingerprint density at radius 1 is 1.22 bits per heavy atom. The Kier molecular flexibility index (Phi) is 6.74. The number of amides is 1. The topological polar surface area (TPSA) is 107 Å². The summed E-state index contributed by atoms with van der Waals surface area (Å²) in [5.74, 6) is 0. The molecule has 1 saturated carbocycles. The number of alkyl carbamates (subject to hydrolysis) is 1. The van der Waals surface area contributed by atoms with Gasteiger partial charge in [-0.15, -0.1) is 0 Å². The molecule has 140 valence electrons. The van der Waals surface area contributed by atoms with Crippen molar-refractivity contribution in [2.75, 3.05) is 0 Å². The van der Waals surface area contributed by atoms with Crippen molar-refractivity contribution in [1.29, 1.82) is 0 Å². The van der Waals surface area contributed by atoms with Gasteiger partial charge in [0.2, 0.25) is 0 Å².